The van der Waals surface area contributed by atoms with Crippen molar-refractivity contribution in [2.45, 2.75) is 52.4 Å². The molecule has 0 unspecified atom stereocenters. The molecule has 0 aliphatic rings. The molecule has 0 spiro atoms. The number of oxazole rings is 2. The number of aromatic hydroxyl groups is 1. The number of phenols is 1. The molecule has 0 amide bonds. The fourth-order valence-electron chi connectivity index (χ4n) is 3.92. The van der Waals surface area contributed by atoms with Crippen LogP contribution in [-0.4, -0.2) is 15.1 Å². The summed E-state index contributed by atoms with van der Waals surface area (Å²) in [5, 5.41) is 10.7. The maximum absolute atomic E-state index is 15.3. The summed E-state index contributed by atoms with van der Waals surface area (Å²) in [6, 6.07) is 14.6. The molecule has 174 valence electrons. The Hall–Kier alpha value is -3.67. The average molecular weight is 459 g/mol. The Morgan fingerprint density at radius 2 is 1.12 bits per heavy atom. The van der Waals surface area contributed by atoms with Crippen molar-refractivity contribution in [3.63, 3.8) is 0 Å². The molecule has 0 fully saturated rings. The van der Waals surface area contributed by atoms with E-state index < -0.39 is 11.6 Å². The molecule has 0 aliphatic carbocycles. The van der Waals surface area contributed by atoms with E-state index in [2.05, 4.69) is 51.5 Å². The zero-order chi connectivity index (χ0) is 24.4. The number of benzene rings is 3. The van der Waals surface area contributed by atoms with E-state index in [1.807, 2.05) is 36.4 Å². The van der Waals surface area contributed by atoms with Crippen molar-refractivity contribution in [2.75, 3.05) is 0 Å². The first-order valence-electron chi connectivity index (χ1n) is 11.3. The average Bonchev–Trinajstić information content (AvgIpc) is 3.37. The highest BCUT2D eigenvalue weighted by Crippen LogP contribution is 2.39. The third kappa shape index (κ3) is 3.73. The maximum Gasteiger partial charge on any atom is 0.231 e. The summed E-state index contributed by atoms with van der Waals surface area (Å²) in [5.41, 5.74) is 4.77. The van der Waals surface area contributed by atoms with Crippen LogP contribution < -0.4 is 0 Å². The molecule has 0 radical (unpaired) electrons. The first kappa shape index (κ1) is 22.1. The molecule has 5 rings (SSSR count). The largest absolute Gasteiger partial charge is 0.504 e. The molecule has 6 heteroatoms. The lowest BCUT2D eigenvalue weighted by molar-refractivity contribution is 0.432. The van der Waals surface area contributed by atoms with E-state index in [9.17, 15) is 5.11 Å². The summed E-state index contributed by atoms with van der Waals surface area (Å²) in [7, 11) is 0. The van der Waals surface area contributed by atoms with E-state index in [-0.39, 0.29) is 33.7 Å². The standard InChI is InChI=1S/C28H27FN2O3/c1-27(2,3)15-7-11-21-19(13-15)30-25(33-21)17-9-10-18(24(32)23(17)29)26-31-20-14-16(28(4,5)6)8-12-22(20)34-26/h7-14,32H,1-6H3. The summed E-state index contributed by atoms with van der Waals surface area (Å²) < 4.78 is 26.9. The number of phenolic OH excluding ortho intramolecular Hbond substituents is 1. The minimum absolute atomic E-state index is 0.0452. The summed E-state index contributed by atoms with van der Waals surface area (Å²) in [6.45, 7) is 12.7. The third-order valence-electron chi connectivity index (χ3n) is 6.08. The van der Waals surface area contributed by atoms with Crippen LogP contribution in [0.4, 0.5) is 4.39 Å². The number of hydrogen-bond donors (Lipinski definition) is 1. The van der Waals surface area contributed by atoms with E-state index in [0.29, 0.717) is 22.2 Å². The molecular formula is C28H27FN2O3. The molecule has 0 atom stereocenters. The molecule has 0 saturated heterocycles. The molecule has 1 N–H and O–H groups in total. The number of aromatic nitrogens is 2. The monoisotopic (exact) mass is 458 g/mol. The summed E-state index contributed by atoms with van der Waals surface area (Å²) in [4.78, 5) is 8.97. The van der Waals surface area contributed by atoms with Crippen molar-refractivity contribution in [1.29, 1.82) is 0 Å². The van der Waals surface area contributed by atoms with Gasteiger partial charge in [0.2, 0.25) is 11.8 Å². The Labute approximate surface area is 197 Å². The fraction of sp³-hybridized carbons (Fsp3) is 0.286. The Balaban J connectivity index is 1.56. The quantitative estimate of drug-likeness (QED) is 0.293. The molecular weight excluding hydrogens is 431 g/mol. The van der Waals surface area contributed by atoms with Gasteiger partial charge in [0, 0.05) is 0 Å². The van der Waals surface area contributed by atoms with Crippen LogP contribution in [0.5, 0.6) is 5.75 Å². The molecule has 2 heterocycles. The van der Waals surface area contributed by atoms with E-state index >= 15 is 4.39 Å². The van der Waals surface area contributed by atoms with Crippen LogP contribution in [0.25, 0.3) is 45.1 Å². The van der Waals surface area contributed by atoms with Crippen LogP contribution >= 0.6 is 0 Å². The van der Waals surface area contributed by atoms with Gasteiger partial charge in [0.25, 0.3) is 0 Å². The number of nitrogens with zero attached hydrogens (tertiary/aromatic N) is 2. The smallest absolute Gasteiger partial charge is 0.231 e. The van der Waals surface area contributed by atoms with Gasteiger partial charge in [-0.1, -0.05) is 53.7 Å². The highest BCUT2D eigenvalue weighted by molar-refractivity contribution is 5.81. The van der Waals surface area contributed by atoms with Gasteiger partial charge in [-0.15, -0.1) is 0 Å². The highest BCUT2D eigenvalue weighted by atomic mass is 19.1. The second-order valence-electron chi connectivity index (χ2n) is 10.7. The predicted molar refractivity (Wildman–Crippen MR) is 131 cm³/mol. The van der Waals surface area contributed by atoms with Crippen LogP contribution in [0.15, 0.2) is 57.4 Å². The Kier molecular flexibility index (Phi) is 4.83. The van der Waals surface area contributed by atoms with Crippen molar-refractivity contribution in [2.24, 2.45) is 0 Å². The van der Waals surface area contributed by atoms with Gasteiger partial charge in [0.1, 0.15) is 11.0 Å². The van der Waals surface area contributed by atoms with Crippen molar-refractivity contribution in [1.82, 2.24) is 9.97 Å². The first-order valence-corrected chi connectivity index (χ1v) is 11.3. The third-order valence-corrected chi connectivity index (χ3v) is 6.08. The van der Waals surface area contributed by atoms with Crippen LogP contribution in [0.1, 0.15) is 52.7 Å². The first-order chi connectivity index (χ1) is 15.9. The van der Waals surface area contributed by atoms with E-state index in [0.717, 1.165) is 11.1 Å². The molecule has 5 nitrogen and oxygen atoms in total. The second kappa shape index (κ2) is 7.42. The molecule has 3 aromatic carbocycles. The van der Waals surface area contributed by atoms with Crippen LogP contribution in [0.2, 0.25) is 0 Å². The lowest BCUT2D eigenvalue weighted by atomic mass is 9.87. The Morgan fingerprint density at radius 3 is 1.59 bits per heavy atom. The van der Waals surface area contributed by atoms with Gasteiger partial charge in [-0.3, -0.25) is 0 Å². The van der Waals surface area contributed by atoms with Crippen LogP contribution in [0.3, 0.4) is 0 Å². The minimum Gasteiger partial charge on any atom is -0.504 e. The summed E-state index contributed by atoms with van der Waals surface area (Å²) in [6.07, 6.45) is 0. The Bertz CT molecular complexity index is 1430. The van der Waals surface area contributed by atoms with E-state index in [4.69, 9.17) is 8.83 Å². The van der Waals surface area contributed by atoms with Crippen molar-refractivity contribution >= 4 is 22.2 Å². The fourth-order valence-corrected chi connectivity index (χ4v) is 3.92. The normalized spacial score (nSPS) is 12.7. The molecule has 34 heavy (non-hydrogen) atoms. The van der Waals surface area contributed by atoms with Crippen molar-refractivity contribution in [3.05, 3.63) is 65.5 Å². The van der Waals surface area contributed by atoms with Gasteiger partial charge < -0.3 is 13.9 Å². The van der Waals surface area contributed by atoms with Gasteiger partial charge in [-0.05, 0) is 58.4 Å². The van der Waals surface area contributed by atoms with Crippen LogP contribution in [-0.2, 0) is 10.8 Å². The SMILES string of the molecule is CC(C)(C)c1ccc2oc(-c3ccc(-c4nc5cc(C(C)(C)C)ccc5o4)c(F)c3O)nc2c1. The number of fused-ring (bicyclic) bond motifs is 2. The van der Waals surface area contributed by atoms with Gasteiger partial charge in [-0.25, -0.2) is 14.4 Å². The van der Waals surface area contributed by atoms with Gasteiger partial charge in [0.15, 0.2) is 22.7 Å². The highest BCUT2D eigenvalue weighted by Gasteiger charge is 2.23. The lowest BCUT2D eigenvalue weighted by Crippen LogP contribution is -2.10. The minimum atomic E-state index is -0.835. The second-order valence-corrected chi connectivity index (χ2v) is 10.7. The predicted octanol–water partition coefficient (Wildman–Crippen LogP) is 7.74. The van der Waals surface area contributed by atoms with E-state index in [1.165, 1.54) is 6.07 Å². The van der Waals surface area contributed by atoms with Gasteiger partial charge in [-0.2, -0.15) is 0 Å². The maximum atomic E-state index is 15.3. The lowest BCUT2D eigenvalue weighted by Gasteiger charge is -2.18. The molecule has 0 aliphatic heterocycles. The van der Waals surface area contributed by atoms with Crippen molar-refractivity contribution < 1.29 is 18.3 Å². The summed E-state index contributed by atoms with van der Waals surface area (Å²) >= 11 is 0. The van der Waals surface area contributed by atoms with Gasteiger partial charge in [0.05, 0.1) is 11.1 Å². The number of rotatable bonds is 2. The van der Waals surface area contributed by atoms with Crippen molar-refractivity contribution in [3.8, 4) is 28.7 Å². The molecule has 0 bridgehead atoms. The Morgan fingerprint density at radius 1 is 0.676 bits per heavy atom. The molecule has 2 aromatic heterocycles. The zero-order valence-corrected chi connectivity index (χ0v) is 20.2. The van der Waals surface area contributed by atoms with Gasteiger partial charge >= 0.3 is 0 Å². The van der Waals surface area contributed by atoms with Crippen LogP contribution in [0, 0.1) is 5.82 Å². The summed E-state index contributed by atoms with van der Waals surface area (Å²) in [5.74, 6) is -1.14. The zero-order valence-electron chi connectivity index (χ0n) is 20.2. The number of halogens is 1. The van der Waals surface area contributed by atoms with E-state index in [1.54, 1.807) is 6.07 Å². The number of hydrogen-bond acceptors (Lipinski definition) is 5. The topological polar surface area (TPSA) is 72.3 Å². The molecule has 0 saturated carbocycles. The molecule has 5 aromatic rings.